The lowest BCUT2D eigenvalue weighted by molar-refractivity contribution is 0.475. The fraction of sp³-hybridized carbons (Fsp3) is 0.0833. The van der Waals surface area contributed by atoms with Crippen molar-refractivity contribution in [2.45, 2.75) is 6.54 Å². The van der Waals surface area contributed by atoms with Crippen LogP contribution in [0.3, 0.4) is 0 Å². The van der Waals surface area contributed by atoms with E-state index in [1.165, 1.54) is 0 Å². The predicted octanol–water partition coefficient (Wildman–Crippen LogP) is 3.16. The second kappa shape index (κ2) is 4.99. The van der Waals surface area contributed by atoms with Crippen molar-refractivity contribution in [3.8, 4) is 5.75 Å². The van der Waals surface area contributed by atoms with E-state index < -0.39 is 0 Å². The highest BCUT2D eigenvalue weighted by atomic mass is 79.9. The van der Waals surface area contributed by atoms with Crippen LogP contribution in [0.4, 0.5) is 5.82 Å². The van der Waals surface area contributed by atoms with Gasteiger partial charge in [-0.1, -0.05) is 18.2 Å². The Labute approximate surface area is 102 Å². The molecule has 0 fully saturated rings. The maximum atomic E-state index is 9.14. The molecule has 0 aliphatic heterocycles. The zero-order chi connectivity index (χ0) is 11.4. The molecule has 0 bridgehead atoms. The first-order valence-electron chi connectivity index (χ1n) is 4.88. The van der Waals surface area contributed by atoms with Gasteiger partial charge in [-0.15, -0.1) is 0 Å². The molecule has 4 heteroatoms. The second-order valence-electron chi connectivity index (χ2n) is 3.37. The van der Waals surface area contributed by atoms with Crippen LogP contribution in [-0.2, 0) is 6.54 Å². The number of nitrogens with zero attached hydrogens (tertiary/aromatic N) is 1. The van der Waals surface area contributed by atoms with Crippen molar-refractivity contribution in [1.82, 2.24) is 4.98 Å². The zero-order valence-electron chi connectivity index (χ0n) is 8.52. The van der Waals surface area contributed by atoms with Gasteiger partial charge in [0.05, 0.1) is 0 Å². The molecule has 3 nitrogen and oxygen atoms in total. The second-order valence-corrected chi connectivity index (χ2v) is 4.18. The molecular formula is C12H11BrN2O. The number of benzene rings is 1. The fourth-order valence-electron chi connectivity index (χ4n) is 1.31. The Morgan fingerprint density at radius 3 is 2.56 bits per heavy atom. The molecule has 0 atom stereocenters. The minimum atomic E-state index is 0.282. The highest BCUT2D eigenvalue weighted by Gasteiger charge is 1.96. The number of anilines is 1. The topological polar surface area (TPSA) is 45.1 Å². The molecule has 16 heavy (non-hydrogen) atoms. The number of rotatable bonds is 3. The number of hydrogen-bond acceptors (Lipinski definition) is 3. The summed E-state index contributed by atoms with van der Waals surface area (Å²) < 4.78 is 0.809. The Bertz CT molecular complexity index is 471. The highest BCUT2D eigenvalue weighted by molar-refractivity contribution is 9.10. The van der Waals surface area contributed by atoms with E-state index in [-0.39, 0.29) is 5.75 Å². The minimum absolute atomic E-state index is 0.282. The molecule has 0 aliphatic rings. The van der Waals surface area contributed by atoms with E-state index >= 15 is 0 Å². The van der Waals surface area contributed by atoms with Gasteiger partial charge >= 0.3 is 0 Å². The fourth-order valence-corrected chi connectivity index (χ4v) is 1.66. The van der Waals surface area contributed by atoms with E-state index in [9.17, 15) is 0 Å². The van der Waals surface area contributed by atoms with Crippen molar-refractivity contribution in [2.75, 3.05) is 5.32 Å². The van der Waals surface area contributed by atoms with Crippen LogP contribution in [0.2, 0.25) is 0 Å². The van der Waals surface area contributed by atoms with Crippen LogP contribution >= 0.6 is 15.9 Å². The van der Waals surface area contributed by atoms with Gasteiger partial charge in [0.25, 0.3) is 0 Å². The molecule has 2 rings (SSSR count). The SMILES string of the molecule is Oc1ccc(CNc2cccc(Br)n2)cc1. The van der Waals surface area contributed by atoms with Gasteiger partial charge in [-0.3, -0.25) is 0 Å². The van der Waals surface area contributed by atoms with E-state index in [2.05, 4.69) is 26.2 Å². The molecule has 0 unspecified atom stereocenters. The van der Waals surface area contributed by atoms with Gasteiger partial charge in [0.1, 0.15) is 16.2 Å². The van der Waals surface area contributed by atoms with Gasteiger partial charge in [0.2, 0.25) is 0 Å². The number of aromatic hydroxyl groups is 1. The molecule has 1 heterocycles. The first kappa shape index (κ1) is 11.0. The molecular weight excluding hydrogens is 268 g/mol. The van der Waals surface area contributed by atoms with Gasteiger partial charge in [-0.2, -0.15) is 0 Å². The van der Waals surface area contributed by atoms with Gasteiger partial charge < -0.3 is 10.4 Å². The summed E-state index contributed by atoms with van der Waals surface area (Å²) in [5, 5.41) is 12.3. The Hall–Kier alpha value is -1.55. The van der Waals surface area contributed by atoms with Crippen LogP contribution in [0.5, 0.6) is 5.75 Å². The van der Waals surface area contributed by atoms with Crippen molar-refractivity contribution in [2.24, 2.45) is 0 Å². The lowest BCUT2D eigenvalue weighted by Gasteiger charge is -2.05. The van der Waals surface area contributed by atoms with E-state index in [0.717, 1.165) is 16.0 Å². The summed E-state index contributed by atoms with van der Waals surface area (Å²) in [5.41, 5.74) is 1.10. The van der Waals surface area contributed by atoms with Crippen LogP contribution in [0, 0.1) is 0 Å². The summed E-state index contributed by atoms with van der Waals surface area (Å²) in [6.07, 6.45) is 0. The largest absolute Gasteiger partial charge is 0.508 e. The van der Waals surface area contributed by atoms with Crippen molar-refractivity contribution < 1.29 is 5.11 Å². The van der Waals surface area contributed by atoms with Crippen LogP contribution in [0.1, 0.15) is 5.56 Å². The Morgan fingerprint density at radius 2 is 1.88 bits per heavy atom. The molecule has 82 valence electrons. The Kier molecular flexibility index (Phi) is 3.41. The van der Waals surface area contributed by atoms with Crippen molar-refractivity contribution in [3.63, 3.8) is 0 Å². The number of phenolic OH excluding ortho intramolecular Hbond substituents is 1. The maximum Gasteiger partial charge on any atom is 0.127 e. The van der Waals surface area contributed by atoms with Crippen LogP contribution in [0.25, 0.3) is 0 Å². The molecule has 2 aromatic rings. The zero-order valence-corrected chi connectivity index (χ0v) is 10.1. The summed E-state index contributed by atoms with van der Waals surface area (Å²) in [7, 11) is 0. The normalized spacial score (nSPS) is 10.1. The van der Waals surface area contributed by atoms with Crippen molar-refractivity contribution in [3.05, 3.63) is 52.6 Å². The maximum absolute atomic E-state index is 9.14. The Morgan fingerprint density at radius 1 is 1.12 bits per heavy atom. The Balaban J connectivity index is 1.99. The lowest BCUT2D eigenvalue weighted by Crippen LogP contribution is -2.00. The van der Waals surface area contributed by atoms with Crippen LogP contribution in [-0.4, -0.2) is 10.1 Å². The number of hydrogen-bond donors (Lipinski definition) is 2. The summed E-state index contributed by atoms with van der Waals surface area (Å²) in [6, 6.07) is 12.8. The molecule has 0 saturated carbocycles. The monoisotopic (exact) mass is 278 g/mol. The van der Waals surface area contributed by atoms with Crippen LogP contribution in [0.15, 0.2) is 47.1 Å². The first-order valence-corrected chi connectivity index (χ1v) is 5.68. The van der Waals surface area contributed by atoms with E-state index in [4.69, 9.17) is 5.11 Å². The third kappa shape index (κ3) is 2.97. The standard InChI is InChI=1S/C12H11BrN2O/c13-11-2-1-3-12(15-11)14-8-9-4-6-10(16)7-5-9/h1-7,16H,8H2,(H,14,15). The molecule has 0 saturated heterocycles. The molecule has 1 aromatic heterocycles. The average molecular weight is 279 g/mol. The molecule has 0 amide bonds. The molecule has 2 N–H and O–H groups in total. The summed E-state index contributed by atoms with van der Waals surface area (Å²) in [6.45, 7) is 0.684. The smallest absolute Gasteiger partial charge is 0.127 e. The first-order chi connectivity index (χ1) is 7.74. The lowest BCUT2D eigenvalue weighted by atomic mass is 10.2. The number of halogens is 1. The average Bonchev–Trinajstić information content (AvgIpc) is 2.28. The molecule has 0 radical (unpaired) electrons. The van der Waals surface area contributed by atoms with Gasteiger partial charge in [0, 0.05) is 6.54 Å². The third-order valence-corrected chi connectivity index (χ3v) is 2.57. The van der Waals surface area contributed by atoms with Gasteiger partial charge in [-0.05, 0) is 45.8 Å². The van der Waals surface area contributed by atoms with Crippen LogP contribution < -0.4 is 5.32 Å². The summed E-state index contributed by atoms with van der Waals surface area (Å²) in [4.78, 5) is 4.26. The molecule has 0 aliphatic carbocycles. The van der Waals surface area contributed by atoms with E-state index in [0.29, 0.717) is 6.54 Å². The number of nitrogens with one attached hydrogen (secondary N) is 1. The molecule has 0 spiro atoms. The highest BCUT2D eigenvalue weighted by Crippen LogP contribution is 2.13. The van der Waals surface area contributed by atoms with E-state index in [1.54, 1.807) is 12.1 Å². The summed E-state index contributed by atoms with van der Waals surface area (Å²) >= 11 is 3.31. The minimum Gasteiger partial charge on any atom is -0.508 e. The number of aromatic nitrogens is 1. The van der Waals surface area contributed by atoms with Crippen molar-refractivity contribution in [1.29, 1.82) is 0 Å². The molecule has 1 aromatic carbocycles. The quantitative estimate of drug-likeness (QED) is 0.848. The predicted molar refractivity (Wildman–Crippen MR) is 67.4 cm³/mol. The number of phenols is 1. The van der Waals surface area contributed by atoms with Gasteiger partial charge in [0.15, 0.2) is 0 Å². The van der Waals surface area contributed by atoms with Gasteiger partial charge in [-0.25, -0.2) is 4.98 Å². The van der Waals surface area contributed by atoms with Crippen molar-refractivity contribution >= 4 is 21.7 Å². The summed E-state index contributed by atoms with van der Waals surface area (Å²) in [5.74, 6) is 1.10. The van der Waals surface area contributed by atoms with E-state index in [1.807, 2.05) is 30.3 Å². The third-order valence-electron chi connectivity index (χ3n) is 2.13. The number of pyridine rings is 1.